The van der Waals surface area contributed by atoms with Crippen molar-refractivity contribution < 1.29 is 9.90 Å². The molecule has 1 N–H and O–H groups in total. The van der Waals surface area contributed by atoms with Crippen LogP contribution in [0.2, 0.25) is 0 Å². The lowest BCUT2D eigenvalue weighted by atomic mass is 9.96. The highest BCUT2D eigenvalue weighted by atomic mass is 32.1. The average molecular weight is 255 g/mol. The second-order valence-corrected chi connectivity index (χ2v) is 6.22. The first-order valence-corrected chi connectivity index (χ1v) is 6.78. The van der Waals surface area contributed by atoms with Gasteiger partial charge < -0.3 is 5.11 Å². The Labute approximate surface area is 107 Å². The third-order valence-corrected chi connectivity index (χ3v) is 3.30. The third-order valence-electron chi connectivity index (χ3n) is 2.51. The van der Waals surface area contributed by atoms with Crippen molar-refractivity contribution in [3.8, 4) is 0 Å². The van der Waals surface area contributed by atoms with E-state index in [0.29, 0.717) is 5.56 Å². The van der Waals surface area contributed by atoms with E-state index in [-0.39, 0.29) is 5.41 Å². The summed E-state index contributed by atoms with van der Waals surface area (Å²) in [6, 6.07) is 0. The normalized spacial score (nSPS) is 12.1. The number of rotatable bonds is 5. The molecule has 1 heterocycles. The Bertz CT molecular complexity index is 379. The van der Waals surface area contributed by atoms with Crippen LogP contribution in [0.1, 0.15) is 43.6 Å². The number of hydrogen-bond acceptors (Lipinski definition) is 3. The van der Waals surface area contributed by atoms with Crippen molar-refractivity contribution in [1.29, 1.82) is 0 Å². The van der Waals surface area contributed by atoms with Gasteiger partial charge in [0.05, 0.1) is 5.56 Å². The second kappa shape index (κ2) is 5.65. The minimum Gasteiger partial charge on any atom is -0.478 e. The van der Waals surface area contributed by atoms with Gasteiger partial charge in [0.2, 0.25) is 0 Å². The van der Waals surface area contributed by atoms with Crippen LogP contribution in [0.15, 0.2) is 10.8 Å². The van der Waals surface area contributed by atoms with Crippen LogP contribution >= 0.6 is 11.3 Å². The molecule has 0 bridgehead atoms. The average Bonchev–Trinajstić information content (AvgIpc) is 2.62. The zero-order valence-electron chi connectivity index (χ0n) is 11.0. The van der Waals surface area contributed by atoms with Crippen LogP contribution in [0, 0.1) is 5.41 Å². The maximum absolute atomic E-state index is 11.0. The highest BCUT2D eigenvalue weighted by Gasteiger charge is 2.18. The number of hydrogen-bond donors (Lipinski definition) is 1. The second-order valence-electron chi connectivity index (χ2n) is 5.48. The quantitative estimate of drug-likeness (QED) is 0.877. The van der Waals surface area contributed by atoms with E-state index in [1.54, 1.807) is 5.38 Å². The predicted octanol–water partition coefficient (Wildman–Crippen LogP) is 3.31. The molecule has 1 aromatic heterocycles. The minimum atomic E-state index is -0.826. The zero-order chi connectivity index (χ0) is 13.1. The summed E-state index contributed by atoms with van der Waals surface area (Å²) < 4.78 is 0. The molecule has 0 unspecified atom stereocenters. The van der Waals surface area contributed by atoms with Crippen LogP contribution in [0.25, 0.3) is 0 Å². The molecule has 1 aromatic rings. The smallest absolute Gasteiger partial charge is 0.336 e. The minimum absolute atomic E-state index is 0.232. The van der Waals surface area contributed by atoms with Crippen molar-refractivity contribution in [2.45, 2.75) is 34.2 Å². The Hall–Kier alpha value is -0.870. The molecular formula is C13H21NO2S. The van der Waals surface area contributed by atoms with Crippen molar-refractivity contribution in [2.75, 3.05) is 13.1 Å². The monoisotopic (exact) mass is 255 g/mol. The predicted molar refractivity (Wildman–Crippen MR) is 71.7 cm³/mol. The van der Waals surface area contributed by atoms with Crippen LogP contribution in [0.3, 0.4) is 0 Å². The molecule has 0 saturated carbocycles. The van der Waals surface area contributed by atoms with E-state index < -0.39 is 5.97 Å². The van der Waals surface area contributed by atoms with Gasteiger partial charge in [-0.05, 0) is 22.9 Å². The molecule has 0 saturated heterocycles. The molecule has 0 amide bonds. The third kappa shape index (κ3) is 4.48. The first kappa shape index (κ1) is 14.2. The Balaban J connectivity index is 2.74. The van der Waals surface area contributed by atoms with Crippen molar-refractivity contribution >= 4 is 17.3 Å². The van der Waals surface area contributed by atoms with Crippen LogP contribution in [0.4, 0.5) is 0 Å². The van der Waals surface area contributed by atoms with Gasteiger partial charge in [0, 0.05) is 18.5 Å². The molecule has 17 heavy (non-hydrogen) atoms. The number of carboxylic acid groups (broad SMARTS) is 1. The lowest BCUT2D eigenvalue weighted by Gasteiger charge is -2.28. The van der Waals surface area contributed by atoms with E-state index in [1.807, 2.05) is 5.38 Å². The molecule has 3 nitrogen and oxygen atoms in total. The molecule has 0 aromatic carbocycles. The summed E-state index contributed by atoms with van der Waals surface area (Å²) in [6.07, 6.45) is 0. The maximum Gasteiger partial charge on any atom is 0.336 e. The van der Waals surface area contributed by atoms with E-state index >= 15 is 0 Å². The fourth-order valence-corrected chi connectivity index (χ4v) is 2.65. The Morgan fingerprint density at radius 3 is 2.53 bits per heavy atom. The van der Waals surface area contributed by atoms with E-state index in [1.165, 1.54) is 11.3 Å². The molecule has 96 valence electrons. The van der Waals surface area contributed by atoms with Crippen LogP contribution in [0.5, 0.6) is 0 Å². The number of carbonyl (C=O) groups is 1. The molecule has 0 atom stereocenters. The van der Waals surface area contributed by atoms with Crippen LogP contribution < -0.4 is 0 Å². The van der Waals surface area contributed by atoms with Gasteiger partial charge in [0.15, 0.2) is 0 Å². The van der Waals surface area contributed by atoms with Gasteiger partial charge in [0.1, 0.15) is 0 Å². The van der Waals surface area contributed by atoms with Crippen LogP contribution in [-0.2, 0) is 6.54 Å². The van der Waals surface area contributed by atoms with Gasteiger partial charge >= 0.3 is 5.97 Å². The first-order chi connectivity index (χ1) is 7.83. The zero-order valence-corrected chi connectivity index (χ0v) is 11.8. The standard InChI is InChI=1S/C13H21NO2S/c1-5-14(9-13(2,3)4)6-10-7-17-8-11(10)12(15)16/h7-8H,5-6,9H2,1-4H3,(H,15,16). The summed E-state index contributed by atoms with van der Waals surface area (Å²) in [5.74, 6) is -0.826. The summed E-state index contributed by atoms with van der Waals surface area (Å²) >= 11 is 1.46. The number of thiophene rings is 1. The molecule has 0 radical (unpaired) electrons. The summed E-state index contributed by atoms with van der Waals surface area (Å²) in [6.45, 7) is 11.3. The fraction of sp³-hybridized carbons (Fsp3) is 0.615. The lowest BCUT2D eigenvalue weighted by Crippen LogP contribution is -2.32. The molecule has 0 aliphatic heterocycles. The molecule has 0 spiro atoms. The molecular weight excluding hydrogens is 234 g/mol. The van der Waals surface area contributed by atoms with E-state index in [2.05, 4.69) is 32.6 Å². The summed E-state index contributed by atoms with van der Waals surface area (Å²) in [5, 5.41) is 12.7. The Kier molecular flexibility index (Phi) is 4.71. The van der Waals surface area contributed by atoms with E-state index in [4.69, 9.17) is 5.11 Å². The van der Waals surface area contributed by atoms with Crippen LogP contribution in [-0.4, -0.2) is 29.1 Å². The molecule has 4 heteroatoms. The van der Waals surface area contributed by atoms with Crippen molar-refractivity contribution in [3.05, 3.63) is 21.9 Å². The van der Waals surface area contributed by atoms with Crippen molar-refractivity contribution in [1.82, 2.24) is 4.90 Å². The number of carboxylic acids is 1. The number of aromatic carboxylic acids is 1. The number of nitrogens with zero attached hydrogens (tertiary/aromatic N) is 1. The van der Waals surface area contributed by atoms with Gasteiger partial charge in [-0.1, -0.05) is 27.7 Å². The fourth-order valence-electron chi connectivity index (χ4n) is 1.82. The summed E-state index contributed by atoms with van der Waals surface area (Å²) in [7, 11) is 0. The lowest BCUT2D eigenvalue weighted by molar-refractivity contribution is 0.0695. The topological polar surface area (TPSA) is 40.5 Å². The van der Waals surface area contributed by atoms with Gasteiger partial charge in [-0.25, -0.2) is 4.79 Å². The van der Waals surface area contributed by atoms with E-state index in [0.717, 1.165) is 25.2 Å². The highest BCUT2D eigenvalue weighted by molar-refractivity contribution is 7.08. The van der Waals surface area contributed by atoms with Gasteiger partial charge in [-0.3, -0.25) is 4.90 Å². The Morgan fingerprint density at radius 2 is 2.06 bits per heavy atom. The maximum atomic E-state index is 11.0. The van der Waals surface area contributed by atoms with Crippen molar-refractivity contribution in [3.63, 3.8) is 0 Å². The summed E-state index contributed by atoms with van der Waals surface area (Å²) in [4.78, 5) is 13.3. The van der Waals surface area contributed by atoms with Gasteiger partial charge in [-0.15, -0.1) is 0 Å². The molecule has 1 rings (SSSR count). The Morgan fingerprint density at radius 1 is 1.41 bits per heavy atom. The summed E-state index contributed by atoms with van der Waals surface area (Å²) in [5.41, 5.74) is 1.60. The molecule has 0 aliphatic carbocycles. The van der Waals surface area contributed by atoms with Crippen molar-refractivity contribution in [2.24, 2.45) is 5.41 Å². The van der Waals surface area contributed by atoms with E-state index in [9.17, 15) is 4.79 Å². The van der Waals surface area contributed by atoms with Gasteiger partial charge in [-0.2, -0.15) is 11.3 Å². The first-order valence-electron chi connectivity index (χ1n) is 5.84. The largest absolute Gasteiger partial charge is 0.478 e. The SMILES string of the molecule is CCN(Cc1cscc1C(=O)O)CC(C)(C)C. The molecule has 0 fully saturated rings. The van der Waals surface area contributed by atoms with Gasteiger partial charge in [0.25, 0.3) is 0 Å². The highest BCUT2D eigenvalue weighted by Crippen LogP contribution is 2.20. The molecule has 0 aliphatic rings.